The number of thiazole rings is 1. The topological polar surface area (TPSA) is 111 Å². The lowest BCUT2D eigenvalue weighted by atomic mass is 10.2. The molecule has 2 rings (SSSR count). The van der Waals surface area contributed by atoms with E-state index in [0.717, 1.165) is 5.56 Å². The molecule has 0 aliphatic carbocycles. The van der Waals surface area contributed by atoms with Gasteiger partial charge in [0.15, 0.2) is 0 Å². The molecule has 2 aromatic rings. The van der Waals surface area contributed by atoms with E-state index in [4.69, 9.17) is 5.73 Å². The molecule has 1 heterocycles. The first-order chi connectivity index (χ1) is 9.88. The molecule has 21 heavy (non-hydrogen) atoms. The van der Waals surface area contributed by atoms with Crippen LogP contribution in [0.2, 0.25) is 0 Å². The number of hydrogen-bond donors (Lipinski definition) is 2. The molecule has 0 bridgehead atoms. The highest BCUT2D eigenvalue weighted by molar-refractivity contribution is 7.09. The van der Waals surface area contributed by atoms with Gasteiger partial charge in [-0.1, -0.05) is 6.07 Å². The van der Waals surface area contributed by atoms with Crippen LogP contribution in [0.4, 0.5) is 11.4 Å². The van der Waals surface area contributed by atoms with Crippen LogP contribution >= 0.6 is 11.3 Å². The summed E-state index contributed by atoms with van der Waals surface area (Å²) in [6.07, 6.45) is 0. The van der Waals surface area contributed by atoms with E-state index >= 15 is 0 Å². The standard InChI is InChI=1S/C13H14N4O3S/c1-7-3-4-9(17(19)20)5-10(7)15-12(18)11-6-21-13(16-11)8(2)14/h3-6,8H,14H2,1-2H3,(H,15,18). The average Bonchev–Trinajstić information content (AvgIpc) is 2.90. The minimum atomic E-state index is -0.508. The van der Waals surface area contributed by atoms with Gasteiger partial charge < -0.3 is 11.1 Å². The normalized spacial score (nSPS) is 12.0. The lowest BCUT2D eigenvalue weighted by molar-refractivity contribution is -0.384. The number of nitro groups is 1. The van der Waals surface area contributed by atoms with Gasteiger partial charge in [0, 0.05) is 17.5 Å². The molecule has 0 saturated carbocycles. The van der Waals surface area contributed by atoms with Crippen LogP contribution < -0.4 is 11.1 Å². The number of rotatable bonds is 4. The highest BCUT2D eigenvalue weighted by Crippen LogP contribution is 2.23. The van der Waals surface area contributed by atoms with E-state index in [1.54, 1.807) is 25.3 Å². The van der Waals surface area contributed by atoms with Crippen LogP contribution in [0.15, 0.2) is 23.6 Å². The summed E-state index contributed by atoms with van der Waals surface area (Å²) in [5, 5.41) is 15.7. The van der Waals surface area contributed by atoms with Gasteiger partial charge in [-0.2, -0.15) is 0 Å². The number of hydrogen-bond acceptors (Lipinski definition) is 6. The number of nitrogens with one attached hydrogen (secondary N) is 1. The molecule has 0 spiro atoms. The van der Waals surface area contributed by atoms with Crippen LogP contribution in [0.5, 0.6) is 0 Å². The summed E-state index contributed by atoms with van der Waals surface area (Å²) in [4.78, 5) is 26.5. The van der Waals surface area contributed by atoms with Gasteiger partial charge in [-0.05, 0) is 19.4 Å². The Morgan fingerprint density at radius 2 is 2.24 bits per heavy atom. The summed E-state index contributed by atoms with van der Waals surface area (Å²) in [6, 6.07) is 4.06. The maximum absolute atomic E-state index is 12.1. The summed E-state index contributed by atoms with van der Waals surface area (Å²) >= 11 is 1.30. The third kappa shape index (κ3) is 3.41. The van der Waals surface area contributed by atoms with Crippen LogP contribution in [0.3, 0.4) is 0 Å². The minimum absolute atomic E-state index is 0.0783. The Hall–Kier alpha value is -2.32. The number of non-ortho nitro benzene ring substituents is 1. The predicted molar refractivity (Wildman–Crippen MR) is 80.5 cm³/mol. The first kappa shape index (κ1) is 15.1. The third-order valence-corrected chi connectivity index (χ3v) is 3.87. The lowest BCUT2D eigenvalue weighted by Gasteiger charge is -2.06. The number of nitrogens with two attached hydrogens (primary N) is 1. The molecule has 1 atom stereocenters. The fourth-order valence-corrected chi connectivity index (χ4v) is 2.40. The fourth-order valence-electron chi connectivity index (χ4n) is 1.65. The number of nitro benzene ring substituents is 1. The average molecular weight is 306 g/mol. The van der Waals surface area contributed by atoms with Crippen molar-refractivity contribution < 1.29 is 9.72 Å². The van der Waals surface area contributed by atoms with Gasteiger partial charge in [-0.3, -0.25) is 14.9 Å². The highest BCUT2D eigenvalue weighted by atomic mass is 32.1. The Bertz CT molecular complexity index is 696. The van der Waals surface area contributed by atoms with E-state index < -0.39 is 10.8 Å². The number of anilines is 1. The summed E-state index contributed by atoms with van der Waals surface area (Å²) in [5.41, 5.74) is 6.99. The number of aromatic nitrogens is 1. The van der Waals surface area contributed by atoms with Crippen LogP contribution in [0.25, 0.3) is 0 Å². The van der Waals surface area contributed by atoms with Crippen LogP contribution in [0.1, 0.15) is 34.0 Å². The van der Waals surface area contributed by atoms with E-state index in [-0.39, 0.29) is 17.4 Å². The number of aryl methyl sites for hydroxylation is 1. The van der Waals surface area contributed by atoms with Crippen molar-refractivity contribution in [2.45, 2.75) is 19.9 Å². The summed E-state index contributed by atoms with van der Waals surface area (Å²) in [7, 11) is 0. The van der Waals surface area contributed by atoms with Crippen molar-refractivity contribution in [3.05, 3.63) is 50.0 Å². The molecule has 0 saturated heterocycles. The predicted octanol–water partition coefficient (Wildman–Crippen LogP) is 2.63. The number of nitrogens with zero attached hydrogens (tertiary/aromatic N) is 2. The van der Waals surface area contributed by atoms with E-state index in [2.05, 4.69) is 10.3 Å². The smallest absolute Gasteiger partial charge is 0.275 e. The van der Waals surface area contributed by atoms with Gasteiger partial charge in [0.1, 0.15) is 10.7 Å². The zero-order valence-electron chi connectivity index (χ0n) is 11.5. The van der Waals surface area contributed by atoms with E-state index in [0.29, 0.717) is 10.7 Å². The second kappa shape index (κ2) is 5.98. The fraction of sp³-hybridized carbons (Fsp3) is 0.231. The third-order valence-electron chi connectivity index (χ3n) is 2.82. The first-order valence-corrected chi connectivity index (χ1v) is 7.04. The van der Waals surface area contributed by atoms with Gasteiger partial charge in [0.25, 0.3) is 11.6 Å². The Kier molecular flexibility index (Phi) is 4.29. The molecular formula is C13H14N4O3S. The van der Waals surface area contributed by atoms with Crippen LogP contribution in [-0.2, 0) is 0 Å². The molecule has 1 amide bonds. The van der Waals surface area contributed by atoms with Crippen molar-refractivity contribution in [1.29, 1.82) is 0 Å². The molecule has 1 aromatic heterocycles. The highest BCUT2D eigenvalue weighted by Gasteiger charge is 2.15. The summed E-state index contributed by atoms with van der Waals surface area (Å²) in [5.74, 6) is -0.415. The largest absolute Gasteiger partial charge is 0.322 e. The molecule has 8 heteroatoms. The van der Waals surface area contributed by atoms with Gasteiger partial charge in [0.05, 0.1) is 16.7 Å². The molecule has 0 fully saturated rings. The number of carbonyl (C=O) groups excluding carboxylic acids is 1. The summed E-state index contributed by atoms with van der Waals surface area (Å²) < 4.78 is 0. The van der Waals surface area contributed by atoms with Gasteiger partial charge in [-0.25, -0.2) is 4.98 Å². The molecular weight excluding hydrogens is 292 g/mol. The lowest BCUT2D eigenvalue weighted by Crippen LogP contribution is -2.14. The molecule has 3 N–H and O–H groups in total. The van der Waals surface area contributed by atoms with Crippen molar-refractivity contribution >= 4 is 28.6 Å². The molecule has 0 radical (unpaired) electrons. The Balaban J connectivity index is 2.22. The van der Waals surface area contributed by atoms with Crippen molar-refractivity contribution in [2.75, 3.05) is 5.32 Å². The SMILES string of the molecule is Cc1ccc([N+](=O)[O-])cc1NC(=O)c1csc(C(C)N)n1. The maximum atomic E-state index is 12.1. The van der Waals surface area contributed by atoms with Gasteiger partial charge in [0.2, 0.25) is 0 Å². The van der Waals surface area contributed by atoms with Gasteiger partial charge >= 0.3 is 0 Å². The van der Waals surface area contributed by atoms with Crippen LogP contribution in [0, 0.1) is 17.0 Å². The Morgan fingerprint density at radius 3 is 2.81 bits per heavy atom. The second-order valence-corrected chi connectivity index (χ2v) is 5.46. The number of carbonyl (C=O) groups is 1. The molecule has 110 valence electrons. The van der Waals surface area contributed by atoms with Crippen molar-refractivity contribution in [2.24, 2.45) is 5.73 Å². The molecule has 1 aromatic carbocycles. The van der Waals surface area contributed by atoms with E-state index in [1.807, 2.05) is 0 Å². The molecule has 1 unspecified atom stereocenters. The van der Waals surface area contributed by atoms with Crippen molar-refractivity contribution in [1.82, 2.24) is 4.98 Å². The Morgan fingerprint density at radius 1 is 1.52 bits per heavy atom. The zero-order chi connectivity index (χ0) is 15.6. The van der Waals surface area contributed by atoms with Gasteiger partial charge in [-0.15, -0.1) is 11.3 Å². The number of amides is 1. The molecule has 0 aliphatic heterocycles. The van der Waals surface area contributed by atoms with Crippen molar-refractivity contribution in [3.63, 3.8) is 0 Å². The molecule has 7 nitrogen and oxygen atoms in total. The Labute approximate surface area is 125 Å². The zero-order valence-corrected chi connectivity index (χ0v) is 12.3. The van der Waals surface area contributed by atoms with E-state index in [9.17, 15) is 14.9 Å². The summed E-state index contributed by atoms with van der Waals surface area (Å²) in [6.45, 7) is 3.54. The first-order valence-electron chi connectivity index (χ1n) is 6.16. The molecule has 0 aliphatic rings. The quantitative estimate of drug-likeness (QED) is 0.666. The minimum Gasteiger partial charge on any atom is -0.322 e. The van der Waals surface area contributed by atoms with E-state index in [1.165, 1.54) is 23.5 Å². The van der Waals surface area contributed by atoms with Crippen molar-refractivity contribution in [3.8, 4) is 0 Å². The maximum Gasteiger partial charge on any atom is 0.275 e. The second-order valence-electron chi connectivity index (χ2n) is 4.57. The van der Waals surface area contributed by atoms with Crippen LogP contribution in [-0.4, -0.2) is 15.8 Å². The number of benzene rings is 1. The monoisotopic (exact) mass is 306 g/mol.